The van der Waals surface area contributed by atoms with Crippen LogP contribution < -0.4 is 5.32 Å². The predicted molar refractivity (Wildman–Crippen MR) is 64.4 cm³/mol. The highest BCUT2D eigenvalue weighted by atomic mass is 32.1. The fraction of sp³-hybridized carbons (Fsp3) is 0.250. The summed E-state index contributed by atoms with van der Waals surface area (Å²) in [5.41, 5.74) is 1.22. The van der Waals surface area contributed by atoms with Crippen molar-refractivity contribution < 1.29 is 0 Å². The van der Waals surface area contributed by atoms with Crippen molar-refractivity contribution in [1.82, 2.24) is 4.98 Å². The molecule has 1 N–H and O–H groups in total. The first-order chi connectivity index (χ1) is 7.43. The van der Waals surface area contributed by atoms with E-state index in [9.17, 15) is 0 Å². The van der Waals surface area contributed by atoms with Crippen molar-refractivity contribution in [3.63, 3.8) is 0 Å². The Balaban J connectivity index is 2.03. The number of nitrogens with zero attached hydrogens (tertiary/aromatic N) is 1. The Kier molecular flexibility index (Phi) is 2.18. The van der Waals surface area contributed by atoms with Gasteiger partial charge in [-0.2, -0.15) is 0 Å². The zero-order valence-corrected chi connectivity index (χ0v) is 9.18. The minimum Gasteiger partial charge on any atom is -0.369 e. The number of hydrogen-bond donors (Lipinski definition) is 1. The van der Waals surface area contributed by atoms with Gasteiger partial charge in [-0.3, -0.25) is 0 Å². The van der Waals surface area contributed by atoms with Gasteiger partial charge in [-0.25, -0.2) is 4.98 Å². The minimum absolute atomic E-state index is 1.06. The number of nitrogens with one attached hydrogen (secondary N) is 1. The standard InChI is InChI=1S/C12H12N2S/c1-2-5-9(6-3-1)12-14-11-10(15-12)7-4-8-13-11/h1-3,5-6,13H,4,7-8H2. The van der Waals surface area contributed by atoms with Crippen LogP contribution in [-0.2, 0) is 6.42 Å². The first kappa shape index (κ1) is 8.92. The molecule has 1 aromatic carbocycles. The second-order valence-corrected chi connectivity index (χ2v) is 4.77. The zero-order valence-electron chi connectivity index (χ0n) is 8.36. The van der Waals surface area contributed by atoms with Gasteiger partial charge in [-0.1, -0.05) is 30.3 Å². The number of hydrogen-bond acceptors (Lipinski definition) is 3. The van der Waals surface area contributed by atoms with E-state index in [1.54, 1.807) is 0 Å². The van der Waals surface area contributed by atoms with Crippen LogP contribution in [0, 0.1) is 0 Å². The van der Waals surface area contributed by atoms with Crippen LogP contribution in [0.4, 0.5) is 5.82 Å². The highest BCUT2D eigenvalue weighted by Crippen LogP contribution is 2.33. The average molecular weight is 216 g/mol. The number of rotatable bonds is 1. The van der Waals surface area contributed by atoms with Crippen LogP contribution in [-0.4, -0.2) is 11.5 Å². The first-order valence-corrected chi connectivity index (χ1v) is 6.04. The van der Waals surface area contributed by atoms with Crippen molar-refractivity contribution in [2.45, 2.75) is 12.8 Å². The van der Waals surface area contributed by atoms with Gasteiger partial charge >= 0.3 is 0 Å². The molecule has 0 bridgehead atoms. The molecule has 0 saturated carbocycles. The molecular formula is C12H12N2S. The molecule has 2 heterocycles. The van der Waals surface area contributed by atoms with Gasteiger partial charge in [0, 0.05) is 17.0 Å². The molecule has 1 aliphatic rings. The van der Waals surface area contributed by atoms with E-state index in [1.165, 1.54) is 23.3 Å². The fourth-order valence-electron chi connectivity index (χ4n) is 1.82. The number of anilines is 1. The maximum absolute atomic E-state index is 4.63. The number of thiazole rings is 1. The molecule has 0 atom stereocenters. The molecule has 0 spiro atoms. The van der Waals surface area contributed by atoms with Gasteiger partial charge < -0.3 is 5.32 Å². The Morgan fingerprint density at radius 2 is 2.07 bits per heavy atom. The average Bonchev–Trinajstić information content (AvgIpc) is 2.74. The van der Waals surface area contributed by atoms with Gasteiger partial charge in [0.15, 0.2) is 0 Å². The van der Waals surface area contributed by atoms with Crippen molar-refractivity contribution in [2.24, 2.45) is 0 Å². The van der Waals surface area contributed by atoms with Crippen molar-refractivity contribution in [3.05, 3.63) is 35.2 Å². The highest BCUT2D eigenvalue weighted by Gasteiger charge is 2.14. The summed E-state index contributed by atoms with van der Waals surface area (Å²) in [6.07, 6.45) is 2.40. The fourth-order valence-corrected chi connectivity index (χ4v) is 2.90. The molecule has 0 saturated heterocycles. The van der Waals surface area contributed by atoms with Crippen molar-refractivity contribution in [1.29, 1.82) is 0 Å². The Morgan fingerprint density at radius 3 is 2.87 bits per heavy atom. The summed E-state index contributed by atoms with van der Waals surface area (Å²) in [6.45, 7) is 1.06. The third kappa shape index (κ3) is 1.63. The summed E-state index contributed by atoms with van der Waals surface area (Å²) in [5.74, 6) is 1.10. The van der Waals surface area contributed by atoms with Gasteiger partial charge in [0.25, 0.3) is 0 Å². The van der Waals surface area contributed by atoms with Gasteiger partial charge in [0.1, 0.15) is 10.8 Å². The Morgan fingerprint density at radius 1 is 1.20 bits per heavy atom. The normalized spacial score (nSPS) is 14.4. The van der Waals surface area contributed by atoms with E-state index in [0.717, 1.165) is 17.4 Å². The lowest BCUT2D eigenvalue weighted by Crippen LogP contribution is -2.09. The van der Waals surface area contributed by atoms with Gasteiger partial charge in [-0.05, 0) is 12.8 Å². The molecule has 0 unspecified atom stereocenters. The van der Waals surface area contributed by atoms with Crippen LogP contribution in [0.25, 0.3) is 10.6 Å². The third-order valence-electron chi connectivity index (χ3n) is 2.59. The monoisotopic (exact) mass is 216 g/mol. The van der Waals surface area contributed by atoms with E-state index in [4.69, 9.17) is 0 Å². The minimum atomic E-state index is 1.06. The van der Waals surface area contributed by atoms with E-state index >= 15 is 0 Å². The maximum atomic E-state index is 4.63. The Hall–Kier alpha value is -1.35. The lowest BCUT2D eigenvalue weighted by atomic mass is 10.2. The molecule has 76 valence electrons. The summed E-state index contributed by atoms with van der Waals surface area (Å²) in [5, 5.41) is 4.49. The molecule has 3 heteroatoms. The van der Waals surface area contributed by atoms with Crippen LogP contribution in [0.1, 0.15) is 11.3 Å². The molecule has 0 amide bonds. The summed E-state index contributed by atoms with van der Waals surface area (Å²) >= 11 is 1.81. The number of aryl methyl sites for hydroxylation is 1. The SMILES string of the molecule is c1ccc(-c2nc3c(s2)CCCN3)cc1. The van der Waals surface area contributed by atoms with Gasteiger partial charge in [0.05, 0.1) is 0 Å². The Labute approximate surface area is 93.0 Å². The molecular weight excluding hydrogens is 204 g/mol. The third-order valence-corrected chi connectivity index (χ3v) is 3.76. The zero-order chi connectivity index (χ0) is 10.1. The maximum Gasteiger partial charge on any atom is 0.140 e. The van der Waals surface area contributed by atoms with Gasteiger partial charge in [0.2, 0.25) is 0 Å². The number of benzene rings is 1. The van der Waals surface area contributed by atoms with Gasteiger partial charge in [-0.15, -0.1) is 11.3 Å². The summed E-state index contributed by atoms with van der Waals surface area (Å²) in [7, 11) is 0. The smallest absolute Gasteiger partial charge is 0.140 e. The largest absolute Gasteiger partial charge is 0.369 e. The molecule has 15 heavy (non-hydrogen) atoms. The molecule has 2 aromatic rings. The van der Waals surface area contributed by atoms with Crippen molar-refractivity contribution >= 4 is 17.2 Å². The molecule has 0 radical (unpaired) electrons. The molecule has 1 aromatic heterocycles. The van der Waals surface area contributed by atoms with E-state index in [2.05, 4.69) is 34.6 Å². The van der Waals surface area contributed by atoms with Crippen molar-refractivity contribution in [3.8, 4) is 10.6 Å². The molecule has 0 fully saturated rings. The second-order valence-electron chi connectivity index (χ2n) is 3.69. The van der Waals surface area contributed by atoms with E-state index in [-0.39, 0.29) is 0 Å². The number of fused-ring (bicyclic) bond motifs is 1. The summed E-state index contributed by atoms with van der Waals surface area (Å²) in [6, 6.07) is 10.4. The second kappa shape index (κ2) is 3.66. The topological polar surface area (TPSA) is 24.9 Å². The van der Waals surface area contributed by atoms with Crippen LogP contribution >= 0.6 is 11.3 Å². The molecule has 1 aliphatic heterocycles. The lowest BCUT2D eigenvalue weighted by Gasteiger charge is -2.10. The Bertz CT molecular complexity index is 438. The highest BCUT2D eigenvalue weighted by molar-refractivity contribution is 7.15. The van der Waals surface area contributed by atoms with E-state index < -0.39 is 0 Å². The van der Waals surface area contributed by atoms with Crippen LogP contribution in [0.15, 0.2) is 30.3 Å². The van der Waals surface area contributed by atoms with E-state index in [0.29, 0.717) is 0 Å². The van der Waals surface area contributed by atoms with Crippen LogP contribution in [0.3, 0.4) is 0 Å². The lowest BCUT2D eigenvalue weighted by molar-refractivity contribution is 0.837. The van der Waals surface area contributed by atoms with Crippen LogP contribution in [0.2, 0.25) is 0 Å². The quantitative estimate of drug-likeness (QED) is 0.792. The summed E-state index contributed by atoms with van der Waals surface area (Å²) < 4.78 is 0. The molecule has 0 aliphatic carbocycles. The van der Waals surface area contributed by atoms with Crippen molar-refractivity contribution in [2.75, 3.05) is 11.9 Å². The van der Waals surface area contributed by atoms with E-state index in [1.807, 2.05) is 17.4 Å². The van der Waals surface area contributed by atoms with Crippen LogP contribution in [0.5, 0.6) is 0 Å². The molecule has 2 nitrogen and oxygen atoms in total. The summed E-state index contributed by atoms with van der Waals surface area (Å²) in [4.78, 5) is 6.03. The number of aromatic nitrogens is 1. The predicted octanol–water partition coefficient (Wildman–Crippen LogP) is 3.17. The molecule has 3 rings (SSSR count). The first-order valence-electron chi connectivity index (χ1n) is 5.22.